The summed E-state index contributed by atoms with van der Waals surface area (Å²) in [5.41, 5.74) is 2.02. The second-order valence-electron chi connectivity index (χ2n) is 6.34. The summed E-state index contributed by atoms with van der Waals surface area (Å²) in [6.07, 6.45) is 9.61. The van der Waals surface area contributed by atoms with Gasteiger partial charge in [0.25, 0.3) is 0 Å². The van der Waals surface area contributed by atoms with E-state index in [0.717, 1.165) is 36.2 Å². The van der Waals surface area contributed by atoms with Gasteiger partial charge in [-0.2, -0.15) is 0 Å². The summed E-state index contributed by atoms with van der Waals surface area (Å²) in [6, 6.07) is 4.08. The average Bonchev–Trinajstić information content (AvgIpc) is 2.71. The molecule has 1 aromatic heterocycles. The predicted octanol–water partition coefficient (Wildman–Crippen LogP) is 1.61. The Hall–Kier alpha value is -2.04. The second kappa shape index (κ2) is 7.24. The van der Waals surface area contributed by atoms with Gasteiger partial charge in [0, 0.05) is 34.6 Å². The lowest BCUT2D eigenvalue weighted by Crippen LogP contribution is -2.28. The van der Waals surface area contributed by atoms with Gasteiger partial charge in [0.15, 0.2) is 0 Å². The van der Waals surface area contributed by atoms with Crippen molar-refractivity contribution in [3.63, 3.8) is 0 Å². The quantitative estimate of drug-likeness (QED) is 0.876. The van der Waals surface area contributed by atoms with Crippen LogP contribution in [0.1, 0.15) is 18.9 Å². The molecule has 1 aromatic carbocycles. The Labute approximate surface area is 143 Å². The van der Waals surface area contributed by atoms with Gasteiger partial charge in [0.05, 0.1) is 12.1 Å². The van der Waals surface area contributed by atoms with Crippen molar-refractivity contribution in [2.75, 3.05) is 27.2 Å². The molecule has 0 atom stereocenters. The van der Waals surface area contributed by atoms with Crippen LogP contribution in [-0.4, -0.2) is 41.8 Å². The van der Waals surface area contributed by atoms with Gasteiger partial charge >= 0.3 is 0 Å². The van der Waals surface area contributed by atoms with Gasteiger partial charge in [-0.1, -0.05) is 24.3 Å². The molecule has 0 amide bonds. The lowest BCUT2D eigenvalue weighted by Gasteiger charge is -2.15. The Morgan fingerprint density at radius 2 is 2.12 bits per heavy atom. The molecule has 0 saturated carbocycles. The molecule has 4 heteroatoms. The lowest BCUT2D eigenvalue weighted by molar-refractivity contribution is 0.245. The monoisotopic (exact) mass is 326 g/mol. The molecular formula is C20H26N2O2. The first kappa shape index (κ1) is 16.8. The molecule has 1 heterocycles. The lowest BCUT2D eigenvalue weighted by atomic mass is 10.1. The summed E-state index contributed by atoms with van der Waals surface area (Å²) in [7, 11) is 4.07. The van der Waals surface area contributed by atoms with E-state index in [1.54, 1.807) is 0 Å². The highest BCUT2D eigenvalue weighted by molar-refractivity contribution is 5.90. The molecule has 128 valence electrons. The molecule has 0 aliphatic heterocycles. The average molecular weight is 326 g/mol. The van der Waals surface area contributed by atoms with E-state index in [0.29, 0.717) is 6.61 Å². The standard InChI is InChI=1S/C20H26N2O2/c1-4-22-17-9-7-5-6-8-16(17)19-18(22)11-10-15(14-23)20(19)24-13-12-21(2)3/h5,7-11,23H,4,6,12-14H2,1-3H3. The van der Waals surface area contributed by atoms with Crippen molar-refractivity contribution in [3.8, 4) is 5.75 Å². The first-order valence-electron chi connectivity index (χ1n) is 8.56. The van der Waals surface area contributed by atoms with Crippen molar-refractivity contribution in [3.05, 3.63) is 40.4 Å². The molecule has 0 spiro atoms. The fourth-order valence-corrected chi connectivity index (χ4v) is 3.27. The van der Waals surface area contributed by atoms with Crippen molar-refractivity contribution in [1.82, 2.24) is 9.47 Å². The molecule has 0 unspecified atom stereocenters. The number of likely N-dealkylation sites (N-methyl/N-ethyl adjacent to an activating group) is 1. The zero-order valence-electron chi connectivity index (χ0n) is 14.7. The van der Waals surface area contributed by atoms with Crippen molar-refractivity contribution in [2.24, 2.45) is 0 Å². The van der Waals surface area contributed by atoms with Crippen LogP contribution in [-0.2, 0) is 13.2 Å². The molecule has 1 aliphatic carbocycles. The Balaban J connectivity index is 2.26. The molecule has 1 aliphatic rings. The Kier molecular flexibility index (Phi) is 5.07. The number of nitrogens with zero attached hydrogens (tertiary/aromatic N) is 2. The fourth-order valence-electron chi connectivity index (χ4n) is 3.27. The third-order valence-corrected chi connectivity index (χ3v) is 4.46. The second-order valence-corrected chi connectivity index (χ2v) is 6.34. The number of hydrogen-bond donors (Lipinski definition) is 1. The summed E-state index contributed by atoms with van der Waals surface area (Å²) in [5.74, 6) is 0.826. The Morgan fingerprint density at radius 3 is 2.83 bits per heavy atom. The summed E-state index contributed by atoms with van der Waals surface area (Å²) >= 11 is 0. The molecule has 0 saturated heterocycles. The van der Waals surface area contributed by atoms with Crippen LogP contribution in [0.2, 0.25) is 0 Å². The maximum atomic E-state index is 9.78. The van der Waals surface area contributed by atoms with E-state index < -0.39 is 0 Å². The van der Waals surface area contributed by atoms with Gasteiger partial charge in [0.1, 0.15) is 12.4 Å². The molecule has 0 radical (unpaired) electrons. The molecule has 0 bridgehead atoms. The van der Waals surface area contributed by atoms with E-state index in [1.165, 1.54) is 16.1 Å². The number of aliphatic hydroxyl groups excluding tert-OH is 1. The largest absolute Gasteiger partial charge is 0.491 e. The van der Waals surface area contributed by atoms with Gasteiger partial charge in [0.2, 0.25) is 0 Å². The molecule has 3 rings (SSSR count). The van der Waals surface area contributed by atoms with Gasteiger partial charge < -0.3 is 19.3 Å². The third-order valence-electron chi connectivity index (χ3n) is 4.46. The van der Waals surface area contributed by atoms with E-state index >= 15 is 0 Å². The van der Waals surface area contributed by atoms with Gasteiger partial charge in [-0.25, -0.2) is 0 Å². The number of aliphatic hydroxyl groups is 1. The van der Waals surface area contributed by atoms with Crippen LogP contribution in [0.3, 0.4) is 0 Å². The summed E-state index contributed by atoms with van der Waals surface area (Å²) in [4.78, 5) is 2.10. The highest BCUT2D eigenvalue weighted by Gasteiger charge is 2.15. The molecule has 0 fully saturated rings. The van der Waals surface area contributed by atoms with Crippen LogP contribution >= 0.6 is 0 Å². The SMILES string of the molecule is CCn1c2c(c3c(OCCN(C)C)c(CO)ccc31)=CCC=CC=2. The minimum atomic E-state index is -0.0126. The van der Waals surface area contributed by atoms with Crippen molar-refractivity contribution in [1.29, 1.82) is 0 Å². The van der Waals surface area contributed by atoms with Gasteiger partial charge in [-0.05, 0) is 39.6 Å². The smallest absolute Gasteiger partial charge is 0.134 e. The van der Waals surface area contributed by atoms with Crippen LogP contribution in [0.25, 0.3) is 23.1 Å². The summed E-state index contributed by atoms with van der Waals surface area (Å²) in [5, 5.41) is 13.3. The molecular weight excluding hydrogens is 300 g/mol. The predicted molar refractivity (Wildman–Crippen MR) is 99.5 cm³/mol. The van der Waals surface area contributed by atoms with Crippen LogP contribution < -0.4 is 15.3 Å². The van der Waals surface area contributed by atoms with E-state index in [2.05, 4.69) is 46.8 Å². The molecule has 1 N–H and O–H groups in total. The van der Waals surface area contributed by atoms with Crippen molar-refractivity contribution in [2.45, 2.75) is 26.5 Å². The molecule has 24 heavy (non-hydrogen) atoms. The zero-order chi connectivity index (χ0) is 17.1. The third kappa shape index (κ3) is 2.99. The number of ether oxygens (including phenoxy) is 1. The van der Waals surface area contributed by atoms with Gasteiger partial charge in [-0.15, -0.1) is 0 Å². The number of hydrogen-bond acceptors (Lipinski definition) is 3. The van der Waals surface area contributed by atoms with Crippen molar-refractivity contribution < 1.29 is 9.84 Å². The van der Waals surface area contributed by atoms with Crippen molar-refractivity contribution >= 4 is 23.1 Å². The normalized spacial score (nSPS) is 13.5. The number of aryl methyl sites for hydroxylation is 1. The minimum absolute atomic E-state index is 0.0126. The van der Waals surface area contributed by atoms with E-state index in [9.17, 15) is 5.11 Å². The zero-order valence-corrected chi connectivity index (χ0v) is 14.7. The molecule has 4 nitrogen and oxygen atoms in total. The minimum Gasteiger partial charge on any atom is -0.491 e. The van der Waals surface area contributed by atoms with E-state index in [-0.39, 0.29) is 6.61 Å². The van der Waals surface area contributed by atoms with Gasteiger partial charge in [-0.3, -0.25) is 0 Å². The topological polar surface area (TPSA) is 37.6 Å². The Bertz CT molecular complexity index is 875. The highest BCUT2D eigenvalue weighted by atomic mass is 16.5. The number of allylic oxidation sites excluding steroid dienone is 2. The van der Waals surface area contributed by atoms with Crippen LogP contribution in [0, 0.1) is 0 Å². The van der Waals surface area contributed by atoms with Crippen LogP contribution in [0.5, 0.6) is 5.75 Å². The number of fused-ring (bicyclic) bond motifs is 3. The van der Waals surface area contributed by atoms with Crippen LogP contribution in [0.15, 0.2) is 24.3 Å². The summed E-state index contributed by atoms with van der Waals surface area (Å²) < 4.78 is 8.46. The maximum Gasteiger partial charge on any atom is 0.134 e. The van der Waals surface area contributed by atoms with Crippen LogP contribution in [0.4, 0.5) is 0 Å². The number of benzene rings is 1. The maximum absolute atomic E-state index is 9.78. The van der Waals surface area contributed by atoms with E-state index in [1.807, 2.05) is 20.2 Å². The van der Waals surface area contributed by atoms with E-state index in [4.69, 9.17) is 4.74 Å². The molecule has 2 aromatic rings. The fraction of sp³-hybridized carbons (Fsp3) is 0.400. The first-order chi connectivity index (χ1) is 11.7. The number of rotatable bonds is 6. The summed E-state index contributed by atoms with van der Waals surface area (Å²) in [6.45, 7) is 4.50. The Morgan fingerprint density at radius 1 is 1.29 bits per heavy atom. The first-order valence-corrected chi connectivity index (χ1v) is 8.56. The highest BCUT2D eigenvalue weighted by Crippen LogP contribution is 2.28. The number of aromatic nitrogens is 1.